The number of hydrogen-bond donors (Lipinski definition) is 0. The zero-order chi connectivity index (χ0) is 12.9. The molecule has 17 heavy (non-hydrogen) atoms. The van der Waals surface area contributed by atoms with E-state index in [9.17, 15) is 4.79 Å². The second kappa shape index (κ2) is 5.96. The third kappa shape index (κ3) is 3.66. The lowest BCUT2D eigenvalue weighted by atomic mass is 9.85. The molecule has 92 valence electrons. The molecular weight excluding hydrogens is 282 g/mol. The Hall–Kier alpha value is -1.16. The molecule has 4 heteroatoms. The highest BCUT2D eigenvalue weighted by Gasteiger charge is 2.32. The third-order valence-electron chi connectivity index (χ3n) is 2.53. The maximum Gasteiger partial charge on any atom is 0.316 e. The number of ether oxygens (including phenoxy) is 1. The molecule has 0 amide bonds. The summed E-state index contributed by atoms with van der Waals surface area (Å²) < 4.78 is 5.96. The number of nitrogens with zero attached hydrogens (tertiary/aromatic N) is 1. The number of rotatable bonds is 5. The summed E-state index contributed by atoms with van der Waals surface area (Å²) in [7, 11) is 0. The molecule has 0 saturated carbocycles. The van der Waals surface area contributed by atoms with Crippen LogP contribution in [0.25, 0.3) is 0 Å². The highest BCUT2D eigenvalue weighted by Crippen LogP contribution is 2.25. The maximum absolute atomic E-state index is 11.8. The van der Waals surface area contributed by atoms with Crippen molar-refractivity contribution in [3.05, 3.63) is 41.2 Å². The Labute approximate surface area is 110 Å². The topological polar surface area (TPSA) is 39.2 Å². The summed E-state index contributed by atoms with van der Waals surface area (Å²) in [5.41, 5.74) is 0.111. The summed E-state index contributed by atoms with van der Waals surface area (Å²) in [5.74, 6) is -0.264. The molecule has 0 aliphatic heterocycles. The van der Waals surface area contributed by atoms with E-state index in [2.05, 4.69) is 27.5 Å². The van der Waals surface area contributed by atoms with Crippen LogP contribution in [0.1, 0.15) is 19.5 Å². The second-order valence-corrected chi connectivity index (χ2v) is 4.90. The van der Waals surface area contributed by atoms with Crippen LogP contribution in [0.2, 0.25) is 0 Å². The Kier molecular flexibility index (Phi) is 4.87. The van der Waals surface area contributed by atoms with E-state index in [-0.39, 0.29) is 5.97 Å². The lowest BCUT2D eigenvalue weighted by Crippen LogP contribution is -2.30. The van der Waals surface area contributed by atoms with Gasteiger partial charge >= 0.3 is 5.97 Å². The zero-order valence-electron chi connectivity index (χ0n) is 10.1. The number of aromatic nitrogens is 1. The van der Waals surface area contributed by atoms with E-state index in [0.717, 1.165) is 10.2 Å². The van der Waals surface area contributed by atoms with Crippen LogP contribution in [0.15, 0.2) is 35.5 Å². The highest BCUT2D eigenvalue weighted by molar-refractivity contribution is 9.10. The zero-order valence-corrected chi connectivity index (χ0v) is 11.7. The van der Waals surface area contributed by atoms with Crippen molar-refractivity contribution >= 4 is 21.9 Å². The van der Waals surface area contributed by atoms with E-state index in [1.54, 1.807) is 19.2 Å². The van der Waals surface area contributed by atoms with Crippen LogP contribution >= 0.6 is 15.9 Å². The molecule has 0 spiro atoms. The monoisotopic (exact) mass is 297 g/mol. The van der Waals surface area contributed by atoms with Gasteiger partial charge in [0.25, 0.3) is 0 Å². The van der Waals surface area contributed by atoms with Gasteiger partial charge in [0.15, 0.2) is 0 Å². The first-order chi connectivity index (χ1) is 8.01. The minimum Gasteiger partial charge on any atom is -0.465 e. The molecule has 0 aliphatic rings. The van der Waals surface area contributed by atoms with Crippen LogP contribution in [0.4, 0.5) is 0 Å². The number of pyridine rings is 1. The Morgan fingerprint density at radius 3 is 2.82 bits per heavy atom. The minimum absolute atomic E-state index is 0.264. The van der Waals surface area contributed by atoms with Crippen molar-refractivity contribution < 1.29 is 9.53 Å². The van der Waals surface area contributed by atoms with E-state index >= 15 is 0 Å². The predicted octanol–water partition coefficient (Wildman–Crippen LogP) is 3.14. The Morgan fingerprint density at radius 1 is 1.65 bits per heavy atom. The molecule has 1 unspecified atom stereocenters. The Morgan fingerprint density at radius 2 is 2.35 bits per heavy atom. The van der Waals surface area contributed by atoms with Crippen molar-refractivity contribution in [1.29, 1.82) is 0 Å². The quantitative estimate of drug-likeness (QED) is 0.619. The number of halogens is 1. The van der Waals surface area contributed by atoms with Gasteiger partial charge < -0.3 is 4.74 Å². The van der Waals surface area contributed by atoms with Gasteiger partial charge in [-0.1, -0.05) is 6.08 Å². The molecule has 0 N–H and O–H groups in total. The molecule has 3 nitrogen and oxygen atoms in total. The van der Waals surface area contributed by atoms with Gasteiger partial charge in [-0.05, 0) is 41.9 Å². The van der Waals surface area contributed by atoms with Crippen molar-refractivity contribution in [3.63, 3.8) is 0 Å². The predicted molar refractivity (Wildman–Crippen MR) is 70.6 cm³/mol. The first kappa shape index (κ1) is 13.9. The normalized spacial score (nSPS) is 13.8. The van der Waals surface area contributed by atoms with Crippen molar-refractivity contribution in [2.45, 2.75) is 20.3 Å². The number of carbonyl (C=O) groups is 1. The van der Waals surface area contributed by atoms with Crippen LogP contribution in [0, 0.1) is 5.41 Å². The van der Waals surface area contributed by atoms with Gasteiger partial charge in [-0.2, -0.15) is 0 Å². The van der Waals surface area contributed by atoms with E-state index in [0.29, 0.717) is 13.0 Å². The van der Waals surface area contributed by atoms with Gasteiger partial charge in [-0.3, -0.25) is 9.78 Å². The number of carbonyl (C=O) groups excluding carboxylic acids is 1. The average Bonchev–Trinajstić information content (AvgIpc) is 2.32. The molecule has 0 saturated heterocycles. The number of esters is 1. The molecule has 1 rings (SSSR count). The first-order valence-corrected chi connectivity index (χ1v) is 6.22. The van der Waals surface area contributed by atoms with Crippen molar-refractivity contribution in [3.8, 4) is 0 Å². The largest absolute Gasteiger partial charge is 0.465 e. The van der Waals surface area contributed by atoms with Gasteiger partial charge in [0.1, 0.15) is 0 Å². The van der Waals surface area contributed by atoms with Crippen molar-refractivity contribution in [2.24, 2.45) is 5.41 Å². The number of hydrogen-bond acceptors (Lipinski definition) is 3. The molecule has 0 fully saturated rings. The minimum atomic E-state index is -0.725. The summed E-state index contributed by atoms with van der Waals surface area (Å²) in [6.07, 6.45) is 3.82. The molecule has 0 bridgehead atoms. The van der Waals surface area contributed by atoms with Crippen LogP contribution in [0.5, 0.6) is 0 Å². The third-order valence-corrected chi connectivity index (χ3v) is 3.00. The fourth-order valence-electron chi connectivity index (χ4n) is 1.41. The molecule has 0 aliphatic carbocycles. The van der Waals surface area contributed by atoms with Gasteiger partial charge in [0.2, 0.25) is 0 Å². The van der Waals surface area contributed by atoms with Gasteiger partial charge in [-0.25, -0.2) is 0 Å². The lowest BCUT2D eigenvalue weighted by Gasteiger charge is -2.22. The van der Waals surface area contributed by atoms with Gasteiger partial charge in [0.05, 0.1) is 12.0 Å². The van der Waals surface area contributed by atoms with Gasteiger partial charge in [-0.15, -0.1) is 6.58 Å². The molecule has 1 heterocycles. The maximum atomic E-state index is 11.8. The molecule has 1 aromatic rings. The van der Waals surface area contributed by atoms with E-state index in [4.69, 9.17) is 4.74 Å². The van der Waals surface area contributed by atoms with Gasteiger partial charge in [0, 0.05) is 22.8 Å². The summed E-state index contributed by atoms with van der Waals surface area (Å²) in [6.45, 7) is 7.68. The lowest BCUT2D eigenvalue weighted by molar-refractivity contribution is -0.151. The second-order valence-electron chi connectivity index (χ2n) is 3.99. The first-order valence-electron chi connectivity index (χ1n) is 5.43. The standard InChI is InChI=1S/C13H16BrNO2/c1-4-13(3,12(16)17-5-2)8-11-7-6-10(14)9-15-11/h4,6-7,9H,1,5,8H2,2-3H3. The van der Waals surface area contributed by atoms with E-state index < -0.39 is 5.41 Å². The van der Waals surface area contributed by atoms with Crippen LogP contribution < -0.4 is 0 Å². The van der Waals surface area contributed by atoms with Crippen molar-refractivity contribution in [2.75, 3.05) is 6.61 Å². The summed E-state index contributed by atoms with van der Waals surface area (Å²) in [4.78, 5) is 16.1. The molecule has 0 aromatic carbocycles. The fourth-order valence-corrected chi connectivity index (χ4v) is 1.65. The van der Waals surface area contributed by atoms with E-state index in [1.807, 2.05) is 19.1 Å². The average molecular weight is 298 g/mol. The van der Waals surface area contributed by atoms with Crippen LogP contribution in [-0.4, -0.2) is 17.6 Å². The van der Waals surface area contributed by atoms with Crippen LogP contribution in [0.3, 0.4) is 0 Å². The molecule has 1 atom stereocenters. The van der Waals surface area contributed by atoms with Crippen molar-refractivity contribution in [1.82, 2.24) is 4.98 Å². The Balaban J connectivity index is 2.85. The molecule has 0 radical (unpaired) electrons. The summed E-state index contributed by atoms with van der Waals surface area (Å²) in [6, 6.07) is 3.78. The summed E-state index contributed by atoms with van der Waals surface area (Å²) in [5, 5.41) is 0. The molecule has 1 aromatic heterocycles. The van der Waals surface area contributed by atoms with E-state index in [1.165, 1.54) is 0 Å². The fraction of sp³-hybridized carbons (Fsp3) is 0.385. The Bertz CT molecular complexity index is 402. The smallest absolute Gasteiger partial charge is 0.316 e. The van der Waals surface area contributed by atoms with Crippen LogP contribution in [-0.2, 0) is 16.0 Å². The summed E-state index contributed by atoms with van der Waals surface area (Å²) >= 11 is 3.32. The SMILES string of the molecule is C=CC(C)(Cc1ccc(Br)cn1)C(=O)OCC. The highest BCUT2D eigenvalue weighted by atomic mass is 79.9. The molecular formula is C13H16BrNO2.